The van der Waals surface area contributed by atoms with Crippen molar-refractivity contribution in [2.24, 2.45) is 0 Å². The summed E-state index contributed by atoms with van der Waals surface area (Å²) in [5, 5.41) is 14.1. The Morgan fingerprint density at radius 3 is 2.96 bits per heavy atom. The van der Waals surface area contributed by atoms with Crippen molar-refractivity contribution in [1.29, 1.82) is 0 Å². The van der Waals surface area contributed by atoms with Crippen LogP contribution < -0.4 is 10.1 Å². The Morgan fingerprint density at radius 2 is 2.26 bits per heavy atom. The molecule has 3 rings (SSSR count). The van der Waals surface area contributed by atoms with E-state index in [1.54, 1.807) is 19.4 Å². The summed E-state index contributed by atoms with van der Waals surface area (Å²) in [5.41, 5.74) is 0.834. The van der Waals surface area contributed by atoms with Gasteiger partial charge in [-0.15, -0.1) is 28.1 Å². The molecule has 0 radical (unpaired) electrons. The number of thioether (sulfide) groups is 1. The molecule has 0 saturated heterocycles. The third-order valence-electron chi connectivity index (χ3n) is 3.69. The number of nitrogens with zero attached hydrogens (tertiary/aromatic N) is 4. The van der Waals surface area contributed by atoms with Crippen LogP contribution >= 0.6 is 23.1 Å². The van der Waals surface area contributed by atoms with E-state index in [2.05, 4.69) is 27.1 Å². The molecule has 27 heavy (non-hydrogen) atoms. The second-order valence-corrected chi connectivity index (χ2v) is 7.69. The maximum Gasteiger partial charge on any atom is 0.239 e. The number of rotatable bonds is 8. The fraction of sp³-hybridized carbons (Fsp3) is 0.222. The maximum atomic E-state index is 12.4. The Hall–Kier alpha value is -2.65. The van der Waals surface area contributed by atoms with Crippen molar-refractivity contribution in [3.63, 3.8) is 0 Å². The predicted molar refractivity (Wildman–Crippen MR) is 108 cm³/mol. The lowest BCUT2D eigenvalue weighted by Gasteiger charge is -2.13. The number of carbonyl (C=O) groups excluding carboxylic acids is 1. The van der Waals surface area contributed by atoms with E-state index in [4.69, 9.17) is 4.74 Å². The van der Waals surface area contributed by atoms with Crippen molar-refractivity contribution < 1.29 is 9.53 Å². The summed E-state index contributed by atoms with van der Waals surface area (Å²) in [6.45, 7) is 6.16. The van der Waals surface area contributed by atoms with E-state index >= 15 is 0 Å². The molecule has 0 aliphatic heterocycles. The van der Waals surface area contributed by atoms with Crippen LogP contribution in [-0.2, 0) is 11.3 Å². The molecule has 0 bridgehead atoms. The highest BCUT2D eigenvalue weighted by atomic mass is 32.2. The number of hydrogen-bond acceptors (Lipinski definition) is 7. The number of ether oxygens (including phenoxy) is 1. The highest BCUT2D eigenvalue weighted by molar-refractivity contribution is 8.00. The van der Waals surface area contributed by atoms with Gasteiger partial charge in [-0.1, -0.05) is 30.0 Å². The van der Waals surface area contributed by atoms with Gasteiger partial charge in [0.1, 0.15) is 5.75 Å². The van der Waals surface area contributed by atoms with Crippen LogP contribution in [0.5, 0.6) is 5.75 Å². The fourth-order valence-electron chi connectivity index (χ4n) is 2.40. The highest BCUT2D eigenvalue weighted by Gasteiger charge is 2.22. The van der Waals surface area contributed by atoms with Crippen LogP contribution in [0.1, 0.15) is 6.92 Å². The highest BCUT2D eigenvalue weighted by Crippen LogP contribution is 2.32. The number of thiazole rings is 1. The summed E-state index contributed by atoms with van der Waals surface area (Å²) in [7, 11) is 1.62. The molecule has 1 atom stereocenters. The average Bonchev–Trinajstić information content (AvgIpc) is 3.32. The molecule has 9 heteroatoms. The number of nitrogens with one attached hydrogen (secondary N) is 1. The van der Waals surface area contributed by atoms with Crippen molar-refractivity contribution in [3.8, 4) is 17.1 Å². The number of aromatic nitrogens is 4. The summed E-state index contributed by atoms with van der Waals surface area (Å²) in [6, 6.07) is 7.62. The van der Waals surface area contributed by atoms with Crippen molar-refractivity contribution in [2.75, 3.05) is 12.4 Å². The van der Waals surface area contributed by atoms with Gasteiger partial charge in [0.25, 0.3) is 0 Å². The topological polar surface area (TPSA) is 81.9 Å². The monoisotopic (exact) mass is 401 g/mol. The standard InChI is InChI=1S/C18H19N5O2S2/c1-4-10-23-15(13-7-5-6-8-14(13)25-3)21-22-18(23)27-12(2)16(24)20-17-19-9-11-26-17/h4-9,11-12H,1,10H2,2-3H3,(H,19,20,24). The molecule has 0 aliphatic carbocycles. The largest absolute Gasteiger partial charge is 0.496 e. The summed E-state index contributed by atoms with van der Waals surface area (Å²) >= 11 is 2.71. The molecule has 2 heterocycles. The minimum Gasteiger partial charge on any atom is -0.496 e. The molecule has 1 aromatic carbocycles. The lowest BCUT2D eigenvalue weighted by Crippen LogP contribution is -2.22. The van der Waals surface area contributed by atoms with Crippen LogP contribution in [0.2, 0.25) is 0 Å². The summed E-state index contributed by atoms with van der Waals surface area (Å²) in [4.78, 5) is 16.5. The molecule has 0 aliphatic rings. The van der Waals surface area contributed by atoms with Gasteiger partial charge in [0.15, 0.2) is 16.1 Å². The Morgan fingerprint density at radius 1 is 1.44 bits per heavy atom. The van der Waals surface area contributed by atoms with Crippen LogP contribution in [0.15, 0.2) is 53.7 Å². The van der Waals surface area contributed by atoms with Crippen LogP contribution in [0, 0.1) is 0 Å². The zero-order chi connectivity index (χ0) is 19.2. The van der Waals surface area contributed by atoms with Crippen molar-refractivity contribution in [2.45, 2.75) is 23.9 Å². The number of carbonyl (C=O) groups is 1. The number of methoxy groups -OCH3 is 1. The van der Waals surface area contributed by atoms with E-state index in [1.165, 1.54) is 23.1 Å². The number of para-hydroxylation sites is 1. The lowest BCUT2D eigenvalue weighted by molar-refractivity contribution is -0.115. The molecule has 3 aromatic rings. The Labute approximate surface area is 165 Å². The number of benzene rings is 1. The summed E-state index contributed by atoms with van der Waals surface area (Å²) < 4.78 is 7.36. The second-order valence-electron chi connectivity index (χ2n) is 5.49. The van der Waals surface area contributed by atoms with Crippen LogP contribution in [0.3, 0.4) is 0 Å². The van der Waals surface area contributed by atoms with Crippen LogP contribution in [-0.4, -0.2) is 38.0 Å². The zero-order valence-electron chi connectivity index (χ0n) is 15.0. The maximum absolute atomic E-state index is 12.4. The first kappa shape index (κ1) is 19.1. The zero-order valence-corrected chi connectivity index (χ0v) is 16.6. The minimum atomic E-state index is -0.368. The molecule has 7 nitrogen and oxygen atoms in total. The van der Waals surface area contributed by atoms with E-state index in [9.17, 15) is 4.79 Å². The minimum absolute atomic E-state index is 0.137. The van der Waals surface area contributed by atoms with Gasteiger partial charge in [0, 0.05) is 18.1 Å². The number of allylic oxidation sites excluding steroid dienone is 1. The number of hydrogen-bond donors (Lipinski definition) is 1. The summed E-state index contributed by atoms with van der Waals surface area (Å²) in [5.74, 6) is 1.24. The molecule has 0 saturated carbocycles. The van der Waals surface area contributed by atoms with E-state index in [0.717, 1.165) is 5.56 Å². The van der Waals surface area contributed by atoms with Gasteiger partial charge >= 0.3 is 0 Å². The average molecular weight is 402 g/mol. The molecule has 0 spiro atoms. The smallest absolute Gasteiger partial charge is 0.239 e. The lowest BCUT2D eigenvalue weighted by atomic mass is 10.2. The van der Waals surface area contributed by atoms with Crippen molar-refractivity contribution in [1.82, 2.24) is 19.7 Å². The van der Waals surface area contributed by atoms with Gasteiger partial charge in [-0.2, -0.15) is 0 Å². The molecule has 2 aromatic heterocycles. The predicted octanol–water partition coefficient (Wildman–Crippen LogP) is 3.72. The van der Waals surface area contributed by atoms with Crippen molar-refractivity contribution >= 4 is 34.1 Å². The van der Waals surface area contributed by atoms with Crippen LogP contribution in [0.25, 0.3) is 11.4 Å². The van der Waals surface area contributed by atoms with Gasteiger partial charge in [-0.3, -0.25) is 9.36 Å². The number of anilines is 1. The molecule has 140 valence electrons. The quantitative estimate of drug-likeness (QED) is 0.458. The molecular weight excluding hydrogens is 382 g/mol. The van der Waals surface area contributed by atoms with Crippen LogP contribution in [0.4, 0.5) is 5.13 Å². The van der Waals surface area contributed by atoms with Gasteiger partial charge in [0.2, 0.25) is 5.91 Å². The fourth-order valence-corrected chi connectivity index (χ4v) is 3.79. The first-order chi connectivity index (χ1) is 13.1. The Balaban J connectivity index is 1.84. The first-order valence-corrected chi connectivity index (χ1v) is 9.94. The third kappa shape index (κ3) is 4.37. The van der Waals surface area contributed by atoms with Gasteiger partial charge < -0.3 is 10.1 Å². The summed E-state index contributed by atoms with van der Waals surface area (Å²) in [6.07, 6.45) is 3.42. The molecule has 1 amide bonds. The first-order valence-electron chi connectivity index (χ1n) is 8.18. The van der Waals surface area contributed by atoms with E-state index in [-0.39, 0.29) is 11.2 Å². The van der Waals surface area contributed by atoms with Gasteiger partial charge in [0.05, 0.1) is 17.9 Å². The SMILES string of the molecule is C=CCn1c(SC(C)C(=O)Nc2nccs2)nnc1-c1ccccc1OC. The van der Waals surface area contributed by atoms with Gasteiger partial charge in [-0.25, -0.2) is 4.98 Å². The molecule has 0 fully saturated rings. The Bertz CT molecular complexity index is 924. The molecular formula is C18H19N5O2S2. The normalized spacial score (nSPS) is 11.8. The molecule has 1 unspecified atom stereocenters. The van der Waals surface area contributed by atoms with Gasteiger partial charge in [-0.05, 0) is 19.1 Å². The third-order valence-corrected chi connectivity index (χ3v) is 5.46. The molecule has 1 N–H and O–H groups in total. The second kappa shape index (κ2) is 8.83. The van der Waals surface area contributed by atoms with E-state index < -0.39 is 0 Å². The van der Waals surface area contributed by atoms with E-state index in [1.807, 2.05) is 41.1 Å². The van der Waals surface area contributed by atoms with Crippen molar-refractivity contribution in [3.05, 3.63) is 48.5 Å². The van der Waals surface area contributed by atoms with E-state index in [0.29, 0.717) is 28.4 Å². The number of amides is 1. The Kier molecular flexibility index (Phi) is 6.25.